The lowest BCUT2D eigenvalue weighted by Crippen LogP contribution is -2.30. The molecule has 1 aromatic heterocycles. The maximum atomic E-state index is 12.1. The zero-order valence-corrected chi connectivity index (χ0v) is 12.3. The van der Waals surface area contributed by atoms with Crippen LogP contribution in [-0.2, 0) is 10.0 Å². The van der Waals surface area contributed by atoms with E-state index in [0.717, 1.165) is 11.4 Å². The number of pyridine rings is 1. The summed E-state index contributed by atoms with van der Waals surface area (Å²) in [5.74, 6) is 1.43. The van der Waals surface area contributed by atoms with Gasteiger partial charge in [-0.25, -0.2) is 4.98 Å². The van der Waals surface area contributed by atoms with Crippen molar-refractivity contribution in [2.75, 3.05) is 12.0 Å². The zero-order chi connectivity index (χ0) is 15.0. The first-order valence-electron chi connectivity index (χ1n) is 6.24. The summed E-state index contributed by atoms with van der Waals surface area (Å²) < 4.78 is 33.1. The molecule has 0 atom stereocenters. The van der Waals surface area contributed by atoms with E-state index in [1.807, 2.05) is 12.1 Å². The fourth-order valence-corrected chi connectivity index (χ4v) is 3.36. The van der Waals surface area contributed by atoms with Gasteiger partial charge in [-0.05, 0) is 43.3 Å². The van der Waals surface area contributed by atoms with Gasteiger partial charge in [-0.3, -0.25) is 4.90 Å². The van der Waals surface area contributed by atoms with Crippen LogP contribution in [0, 0.1) is 0 Å². The Morgan fingerprint density at radius 3 is 2.52 bits per heavy atom. The first-order valence-corrected chi connectivity index (χ1v) is 7.68. The van der Waals surface area contributed by atoms with E-state index in [-0.39, 0.29) is 4.90 Å². The van der Waals surface area contributed by atoms with E-state index in [1.165, 1.54) is 6.07 Å². The van der Waals surface area contributed by atoms with Gasteiger partial charge >= 0.3 is 0 Å². The van der Waals surface area contributed by atoms with Gasteiger partial charge in [0.1, 0.15) is 16.5 Å². The lowest BCUT2D eigenvalue weighted by atomic mass is 10.2. The van der Waals surface area contributed by atoms with Crippen LogP contribution in [0.3, 0.4) is 0 Å². The molecule has 0 saturated carbocycles. The van der Waals surface area contributed by atoms with Gasteiger partial charge in [0.15, 0.2) is 5.82 Å². The predicted molar refractivity (Wildman–Crippen MR) is 79.7 cm³/mol. The quantitative estimate of drug-likeness (QED) is 0.851. The van der Waals surface area contributed by atoms with Crippen LogP contribution in [0.5, 0.6) is 5.75 Å². The SMILES string of the molecule is COc1ccc(N2C(C)=NS(=O)(=O)c3cccnc32)cc1. The van der Waals surface area contributed by atoms with Gasteiger partial charge in [0.2, 0.25) is 0 Å². The molecule has 0 unspecified atom stereocenters. The maximum Gasteiger partial charge on any atom is 0.287 e. The molecule has 108 valence electrons. The molecule has 0 aliphatic carbocycles. The summed E-state index contributed by atoms with van der Waals surface area (Å²) in [6, 6.07) is 10.3. The van der Waals surface area contributed by atoms with E-state index in [1.54, 1.807) is 43.3 Å². The molecular formula is C14H13N3O3S. The van der Waals surface area contributed by atoms with Gasteiger partial charge in [-0.15, -0.1) is 4.40 Å². The number of rotatable bonds is 2. The number of anilines is 2. The molecule has 0 bridgehead atoms. The predicted octanol–water partition coefficient (Wildman–Crippen LogP) is 2.35. The minimum Gasteiger partial charge on any atom is -0.497 e. The number of fused-ring (bicyclic) bond motifs is 1. The fourth-order valence-electron chi connectivity index (χ4n) is 2.21. The number of aromatic nitrogens is 1. The summed E-state index contributed by atoms with van der Waals surface area (Å²) in [4.78, 5) is 6.01. The van der Waals surface area contributed by atoms with Gasteiger partial charge < -0.3 is 4.74 Å². The zero-order valence-electron chi connectivity index (χ0n) is 11.5. The Labute approximate surface area is 122 Å². The van der Waals surface area contributed by atoms with Crippen molar-refractivity contribution < 1.29 is 13.2 Å². The molecule has 21 heavy (non-hydrogen) atoms. The second-order valence-electron chi connectivity index (χ2n) is 4.47. The highest BCUT2D eigenvalue weighted by molar-refractivity contribution is 7.90. The summed E-state index contributed by atoms with van der Waals surface area (Å²) in [6.45, 7) is 1.64. The molecular weight excluding hydrogens is 290 g/mol. The number of nitrogens with zero attached hydrogens (tertiary/aromatic N) is 3. The molecule has 1 aliphatic heterocycles. The number of amidine groups is 1. The van der Waals surface area contributed by atoms with E-state index < -0.39 is 10.0 Å². The average Bonchev–Trinajstić information content (AvgIpc) is 2.47. The third-order valence-corrected chi connectivity index (χ3v) is 4.53. The Hall–Kier alpha value is -2.41. The molecule has 0 saturated heterocycles. The molecule has 0 amide bonds. The Balaban J connectivity index is 2.18. The van der Waals surface area contributed by atoms with Crippen LogP contribution in [0.4, 0.5) is 11.5 Å². The third kappa shape index (κ3) is 2.25. The van der Waals surface area contributed by atoms with Crippen LogP contribution < -0.4 is 9.64 Å². The van der Waals surface area contributed by atoms with E-state index >= 15 is 0 Å². The molecule has 3 rings (SSSR count). The molecule has 1 aromatic carbocycles. The molecule has 0 radical (unpaired) electrons. The molecule has 2 heterocycles. The molecule has 0 N–H and O–H groups in total. The Bertz CT molecular complexity index is 814. The molecule has 1 aliphatic rings. The van der Waals surface area contributed by atoms with Gasteiger partial charge in [0.05, 0.1) is 7.11 Å². The maximum absolute atomic E-state index is 12.1. The second kappa shape index (κ2) is 4.85. The van der Waals surface area contributed by atoms with Crippen molar-refractivity contribution in [2.45, 2.75) is 11.8 Å². The standard InChI is InChI=1S/C14H13N3O3S/c1-10-16-21(18,19)13-4-3-9-15-14(13)17(10)11-5-7-12(20-2)8-6-11/h3-9H,1-2H3. The third-order valence-electron chi connectivity index (χ3n) is 3.15. The Morgan fingerprint density at radius 2 is 1.86 bits per heavy atom. The number of methoxy groups -OCH3 is 1. The van der Waals surface area contributed by atoms with Crippen LogP contribution in [0.2, 0.25) is 0 Å². The molecule has 0 fully saturated rings. The van der Waals surface area contributed by atoms with Crippen molar-refractivity contribution in [3.05, 3.63) is 42.6 Å². The number of hydrogen-bond acceptors (Lipinski definition) is 5. The largest absolute Gasteiger partial charge is 0.497 e. The summed E-state index contributed by atoms with van der Waals surface area (Å²) in [6.07, 6.45) is 1.56. The van der Waals surface area contributed by atoms with Gasteiger partial charge in [0, 0.05) is 11.9 Å². The number of sulfonamides is 1. The highest BCUT2D eigenvalue weighted by atomic mass is 32.2. The van der Waals surface area contributed by atoms with Crippen molar-refractivity contribution in [3.63, 3.8) is 0 Å². The normalized spacial score (nSPS) is 16.1. The number of ether oxygens (including phenoxy) is 1. The van der Waals surface area contributed by atoms with Crippen molar-refractivity contribution in [1.29, 1.82) is 0 Å². The molecule has 2 aromatic rings. The van der Waals surface area contributed by atoms with Crippen LogP contribution >= 0.6 is 0 Å². The van der Waals surface area contributed by atoms with Crippen molar-refractivity contribution in [3.8, 4) is 5.75 Å². The summed E-state index contributed by atoms with van der Waals surface area (Å²) >= 11 is 0. The summed E-state index contributed by atoms with van der Waals surface area (Å²) in [7, 11) is -2.10. The minimum atomic E-state index is -3.69. The highest BCUT2D eigenvalue weighted by Crippen LogP contribution is 2.35. The van der Waals surface area contributed by atoms with E-state index in [2.05, 4.69) is 9.38 Å². The smallest absolute Gasteiger partial charge is 0.287 e. The lowest BCUT2D eigenvalue weighted by molar-refractivity contribution is 0.415. The van der Waals surface area contributed by atoms with E-state index in [0.29, 0.717) is 11.7 Å². The van der Waals surface area contributed by atoms with Crippen LogP contribution in [0.1, 0.15) is 6.92 Å². The summed E-state index contributed by atoms with van der Waals surface area (Å²) in [5.41, 5.74) is 0.770. The molecule has 7 heteroatoms. The fraction of sp³-hybridized carbons (Fsp3) is 0.143. The van der Waals surface area contributed by atoms with E-state index in [4.69, 9.17) is 4.74 Å². The van der Waals surface area contributed by atoms with Crippen molar-refractivity contribution in [1.82, 2.24) is 4.98 Å². The van der Waals surface area contributed by atoms with Crippen molar-refractivity contribution in [2.24, 2.45) is 4.40 Å². The van der Waals surface area contributed by atoms with Crippen LogP contribution in [0.25, 0.3) is 0 Å². The highest BCUT2D eigenvalue weighted by Gasteiger charge is 2.30. The second-order valence-corrected chi connectivity index (χ2v) is 6.04. The van der Waals surface area contributed by atoms with Gasteiger partial charge in [0.25, 0.3) is 10.0 Å². The average molecular weight is 303 g/mol. The Kier molecular flexibility index (Phi) is 3.13. The number of benzene rings is 1. The first-order chi connectivity index (χ1) is 10.0. The van der Waals surface area contributed by atoms with E-state index in [9.17, 15) is 8.42 Å². The van der Waals surface area contributed by atoms with Gasteiger partial charge in [-0.2, -0.15) is 8.42 Å². The van der Waals surface area contributed by atoms with Crippen LogP contribution in [0.15, 0.2) is 51.9 Å². The lowest BCUT2D eigenvalue weighted by Gasteiger charge is -2.28. The van der Waals surface area contributed by atoms with Gasteiger partial charge in [-0.1, -0.05) is 0 Å². The minimum absolute atomic E-state index is 0.103. The van der Waals surface area contributed by atoms with Crippen LogP contribution in [-0.4, -0.2) is 26.3 Å². The number of hydrogen-bond donors (Lipinski definition) is 0. The Morgan fingerprint density at radius 1 is 1.14 bits per heavy atom. The van der Waals surface area contributed by atoms with Crippen molar-refractivity contribution >= 4 is 27.4 Å². The topological polar surface area (TPSA) is 71.9 Å². The summed E-state index contributed by atoms with van der Waals surface area (Å²) in [5, 5.41) is 0. The monoisotopic (exact) mass is 303 g/mol. The first kappa shape index (κ1) is 13.6. The molecule has 6 nitrogen and oxygen atoms in total. The molecule has 0 spiro atoms.